The lowest BCUT2D eigenvalue weighted by Crippen LogP contribution is -2.39. The standard InChI is InChI=1S/C14H23NO3/c1-17-11-14-6-5-13(18-14)10-15-8-3-2-4-12(15)7-9-16/h5-6,12,16H,2-4,7-11H2,1H3. The monoisotopic (exact) mass is 253 g/mol. The van der Waals surface area contributed by atoms with Crippen molar-refractivity contribution >= 4 is 0 Å². The Morgan fingerprint density at radius 3 is 3.00 bits per heavy atom. The van der Waals surface area contributed by atoms with Crippen molar-refractivity contribution in [2.24, 2.45) is 0 Å². The number of aliphatic hydroxyl groups excluding tert-OH is 1. The molecular weight excluding hydrogens is 230 g/mol. The number of hydrogen-bond acceptors (Lipinski definition) is 4. The fourth-order valence-electron chi connectivity index (χ4n) is 2.67. The summed E-state index contributed by atoms with van der Waals surface area (Å²) in [6, 6.07) is 4.50. The maximum atomic E-state index is 9.11. The minimum Gasteiger partial charge on any atom is -0.462 e. The Balaban J connectivity index is 1.92. The van der Waals surface area contributed by atoms with Crippen molar-refractivity contribution in [3.05, 3.63) is 23.7 Å². The zero-order chi connectivity index (χ0) is 12.8. The van der Waals surface area contributed by atoms with E-state index in [1.807, 2.05) is 12.1 Å². The van der Waals surface area contributed by atoms with Crippen LogP contribution in [0.3, 0.4) is 0 Å². The third-order valence-corrected chi connectivity index (χ3v) is 3.57. The van der Waals surface area contributed by atoms with E-state index in [1.165, 1.54) is 19.3 Å². The molecule has 1 fully saturated rings. The summed E-state index contributed by atoms with van der Waals surface area (Å²) in [7, 11) is 1.67. The van der Waals surface area contributed by atoms with Crippen LogP contribution < -0.4 is 0 Å². The molecule has 1 unspecified atom stereocenters. The van der Waals surface area contributed by atoms with Gasteiger partial charge in [-0.2, -0.15) is 0 Å². The SMILES string of the molecule is COCc1ccc(CN2CCCCC2CCO)o1. The van der Waals surface area contributed by atoms with Crippen LogP contribution in [0.15, 0.2) is 16.5 Å². The number of ether oxygens (including phenoxy) is 1. The van der Waals surface area contributed by atoms with Crippen molar-refractivity contribution < 1.29 is 14.3 Å². The summed E-state index contributed by atoms with van der Waals surface area (Å²) in [5.41, 5.74) is 0. The molecule has 1 aliphatic heterocycles. The molecule has 0 bridgehead atoms. The van der Waals surface area contributed by atoms with Crippen LogP contribution in [0.5, 0.6) is 0 Å². The van der Waals surface area contributed by atoms with Gasteiger partial charge >= 0.3 is 0 Å². The number of furan rings is 1. The second-order valence-electron chi connectivity index (χ2n) is 4.93. The van der Waals surface area contributed by atoms with Crippen molar-refractivity contribution in [1.29, 1.82) is 0 Å². The van der Waals surface area contributed by atoms with E-state index in [0.717, 1.165) is 31.0 Å². The molecule has 1 aliphatic rings. The first kappa shape index (κ1) is 13.6. The highest BCUT2D eigenvalue weighted by atomic mass is 16.5. The topological polar surface area (TPSA) is 45.8 Å². The molecule has 4 heteroatoms. The Hall–Kier alpha value is -0.840. The van der Waals surface area contributed by atoms with E-state index in [9.17, 15) is 0 Å². The van der Waals surface area contributed by atoms with Gasteiger partial charge in [-0.15, -0.1) is 0 Å². The molecule has 102 valence electrons. The first-order chi connectivity index (χ1) is 8.83. The Morgan fingerprint density at radius 1 is 1.39 bits per heavy atom. The van der Waals surface area contributed by atoms with Gasteiger partial charge in [0.2, 0.25) is 0 Å². The predicted molar refractivity (Wildman–Crippen MR) is 69.2 cm³/mol. The predicted octanol–water partition coefficient (Wildman–Crippen LogP) is 2.16. The van der Waals surface area contributed by atoms with Crippen LogP contribution in [0.2, 0.25) is 0 Å². The number of likely N-dealkylation sites (tertiary alicyclic amines) is 1. The van der Waals surface area contributed by atoms with Crippen LogP contribution >= 0.6 is 0 Å². The van der Waals surface area contributed by atoms with Crippen LogP contribution in [0.1, 0.15) is 37.2 Å². The van der Waals surface area contributed by atoms with Gasteiger partial charge < -0.3 is 14.3 Å². The van der Waals surface area contributed by atoms with Crippen LogP contribution in [0.4, 0.5) is 0 Å². The van der Waals surface area contributed by atoms with Gasteiger partial charge in [-0.25, -0.2) is 0 Å². The van der Waals surface area contributed by atoms with Gasteiger partial charge in [0, 0.05) is 19.8 Å². The van der Waals surface area contributed by atoms with Crippen LogP contribution in [0, 0.1) is 0 Å². The van der Waals surface area contributed by atoms with Gasteiger partial charge in [-0.05, 0) is 37.9 Å². The summed E-state index contributed by atoms with van der Waals surface area (Å²) in [5, 5.41) is 9.11. The fraction of sp³-hybridized carbons (Fsp3) is 0.714. The van der Waals surface area contributed by atoms with E-state index >= 15 is 0 Å². The van der Waals surface area contributed by atoms with Gasteiger partial charge in [0.1, 0.15) is 18.1 Å². The summed E-state index contributed by atoms with van der Waals surface area (Å²) >= 11 is 0. The lowest BCUT2D eigenvalue weighted by atomic mass is 9.99. The van der Waals surface area contributed by atoms with Crippen molar-refractivity contribution in [2.75, 3.05) is 20.3 Å². The van der Waals surface area contributed by atoms with Crippen molar-refractivity contribution in [3.8, 4) is 0 Å². The van der Waals surface area contributed by atoms with E-state index < -0.39 is 0 Å². The molecule has 0 aromatic carbocycles. The smallest absolute Gasteiger partial charge is 0.129 e. The second kappa shape index (κ2) is 6.92. The van der Waals surface area contributed by atoms with Crippen molar-refractivity contribution in [1.82, 2.24) is 4.90 Å². The summed E-state index contributed by atoms with van der Waals surface area (Å²) in [5.74, 6) is 1.87. The summed E-state index contributed by atoms with van der Waals surface area (Å²) < 4.78 is 10.8. The average Bonchev–Trinajstić information content (AvgIpc) is 2.80. The van der Waals surface area contributed by atoms with Gasteiger partial charge in [0.15, 0.2) is 0 Å². The van der Waals surface area contributed by atoms with Gasteiger partial charge in [-0.1, -0.05) is 6.42 Å². The van der Waals surface area contributed by atoms with E-state index in [1.54, 1.807) is 7.11 Å². The molecule has 0 radical (unpaired) electrons. The van der Waals surface area contributed by atoms with Crippen LogP contribution in [0.25, 0.3) is 0 Å². The lowest BCUT2D eigenvalue weighted by molar-refractivity contribution is 0.102. The first-order valence-electron chi connectivity index (χ1n) is 6.75. The van der Waals surface area contributed by atoms with E-state index in [2.05, 4.69) is 4.90 Å². The Morgan fingerprint density at radius 2 is 2.22 bits per heavy atom. The summed E-state index contributed by atoms with van der Waals surface area (Å²) in [6.45, 7) is 2.74. The zero-order valence-corrected chi connectivity index (χ0v) is 11.1. The summed E-state index contributed by atoms with van der Waals surface area (Å²) in [4.78, 5) is 2.43. The Labute approximate surface area is 109 Å². The number of rotatable bonds is 6. The van der Waals surface area contributed by atoms with Gasteiger partial charge in [0.05, 0.1) is 6.54 Å². The van der Waals surface area contributed by atoms with Gasteiger partial charge in [-0.3, -0.25) is 4.90 Å². The Kier molecular flexibility index (Phi) is 5.23. The third-order valence-electron chi connectivity index (χ3n) is 3.57. The fourth-order valence-corrected chi connectivity index (χ4v) is 2.67. The lowest BCUT2D eigenvalue weighted by Gasteiger charge is -2.34. The molecule has 1 N–H and O–H groups in total. The van der Waals surface area contributed by atoms with Crippen LogP contribution in [-0.4, -0.2) is 36.3 Å². The molecule has 2 heterocycles. The van der Waals surface area contributed by atoms with Crippen LogP contribution in [-0.2, 0) is 17.9 Å². The third kappa shape index (κ3) is 3.57. The molecule has 2 rings (SSSR count). The number of aliphatic hydroxyl groups is 1. The van der Waals surface area contributed by atoms with Crippen molar-refractivity contribution in [3.63, 3.8) is 0 Å². The quantitative estimate of drug-likeness (QED) is 0.844. The minimum absolute atomic E-state index is 0.272. The van der Waals surface area contributed by atoms with E-state index in [4.69, 9.17) is 14.3 Å². The highest BCUT2D eigenvalue weighted by Crippen LogP contribution is 2.22. The van der Waals surface area contributed by atoms with Crippen molar-refractivity contribution in [2.45, 2.75) is 44.9 Å². The zero-order valence-electron chi connectivity index (χ0n) is 11.1. The molecule has 0 spiro atoms. The van der Waals surface area contributed by atoms with E-state index in [-0.39, 0.29) is 6.61 Å². The number of hydrogen-bond donors (Lipinski definition) is 1. The average molecular weight is 253 g/mol. The molecule has 0 aliphatic carbocycles. The largest absolute Gasteiger partial charge is 0.462 e. The molecule has 1 aromatic heterocycles. The molecule has 0 amide bonds. The summed E-state index contributed by atoms with van der Waals surface area (Å²) in [6.07, 6.45) is 4.57. The molecule has 1 aromatic rings. The molecule has 1 atom stereocenters. The van der Waals surface area contributed by atoms with Gasteiger partial charge in [0.25, 0.3) is 0 Å². The number of piperidine rings is 1. The number of nitrogens with zero attached hydrogens (tertiary/aromatic N) is 1. The number of methoxy groups -OCH3 is 1. The highest BCUT2D eigenvalue weighted by Gasteiger charge is 2.22. The minimum atomic E-state index is 0.272. The molecule has 0 saturated carbocycles. The second-order valence-corrected chi connectivity index (χ2v) is 4.93. The maximum absolute atomic E-state index is 9.11. The normalized spacial score (nSPS) is 21.3. The molecule has 18 heavy (non-hydrogen) atoms. The highest BCUT2D eigenvalue weighted by molar-refractivity contribution is 5.06. The maximum Gasteiger partial charge on any atom is 0.129 e. The molecule has 4 nitrogen and oxygen atoms in total. The molecule has 1 saturated heterocycles. The van der Waals surface area contributed by atoms with E-state index in [0.29, 0.717) is 12.6 Å². The Bertz CT molecular complexity index is 349. The molecular formula is C14H23NO3. The first-order valence-corrected chi connectivity index (χ1v) is 6.75.